The van der Waals surface area contributed by atoms with Crippen LogP contribution in [0.4, 0.5) is 10.1 Å². The fraction of sp³-hybridized carbons (Fsp3) is 0.0769. The number of halogens is 2. The molecule has 3 aromatic rings. The van der Waals surface area contributed by atoms with Crippen LogP contribution in [0.5, 0.6) is 5.88 Å². The van der Waals surface area contributed by atoms with E-state index in [1.54, 1.807) is 11.7 Å². The highest BCUT2D eigenvalue weighted by atomic mass is 79.9. The molecule has 0 saturated carbocycles. The molecule has 2 N–H and O–H groups in total. The van der Waals surface area contributed by atoms with E-state index in [1.165, 1.54) is 29.5 Å². The molecule has 0 spiro atoms. The normalized spacial score (nSPS) is 11.5. The number of aliphatic imine (C=N–C) groups is 1. The number of hydroxylamine groups is 1. The second-order valence-electron chi connectivity index (χ2n) is 4.35. The van der Waals surface area contributed by atoms with Crippen molar-refractivity contribution in [1.29, 1.82) is 0 Å². The van der Waals surface area contributed by atoms with Gasteiger partial charge in [0.15, 0.2) is 5.84 Å². The predicted molar refractivity (Wildman–Crippen MR) is 86.0 cm³/mol. The van der Waals surface area contributed by atoms with Crippen LogP contribution in [-0.2, 0) is 6.61 Å². The van der Waals surface area contributed by atoms with Crippen molar-refractivity contribution in [1.82, 2.24) is 20.8 Å². The SMILES string of the molecule is ONC(=Nc1ccc(F)c(Br)c1)c1nonc1OCc1cncs1. The number of thiazole rings is 1. The number of benzene rings is 1. The first-order chi connectivity index (χ1) is 11.7. The van der Waals surface area contributed by atoms with Crippen molar-refractivity contribution >= 4 is 38.8 Å². The van der Waals surface area contributed by atoms with Gasteiger partial charge in [0.1, 0.15) is 12.4 Å². The van der Waals surface area contributed by atoms with Crippen LogP contribution >= 0.6 is 27.3 Å². The standard InChI is InChI=1S/C13H9BrFN5O3S/c14-9-3-7(1-2-10(9)15)17-12(18-21)11-13(20-23-19-11)22-5-8-4-16-6-24-8/h1-4,6,21H,5H2,(H,17,18). The van der Waals surface area contributed by atoms with Gasteiger partial charge < -0.3 is 4.74 Å². The lowest BCUT2D eigenvalue weighted by atomic mass is 10.3. The summed E-state index contributed by atoms with van der Waals surface area (Å²) >= 11 is 4.48. The van der Waals surface area contributed by atoms with Gasteiger partial charge >= 0.3 is 0 Å². The Morgan fingerprint density at radius 3 is 3.04 bits per heavy atom. The Bertz CT molecular complexity index is 855. The number of amidine groups is 1. The van der Waals surface area contributed by atoms with Gasteiger partial charge in [-0.25, -0.2) is 14.0 Å². The quantitative estimate of drug-likeness (QED) is 0.376. The third-order valence-electron chi connectivity index (χ3n) is 2.77. The van der Waals surface area contributed by atoms with Gasteiger partial charge in [-0.1, -0.05) is 0 Å². The van der Waals surface area contributed by atoms with Crippen LogP contribution in [0.15, 0.2) is 44.0 Å². The minimum Gasteiger partial charge on any atom is -0.468 e. The van der Waals surface area contributed by atoms with Crippen LogP contribution in [0.3, 0.4) is 0 Å². The van der Waals surface area contributed by atoms with Crippen molar-refractivity contribution in [2.45, 2.75) is 6.61 Å². The minimum atomic E-state index is -0.427. The van der Waals surface area contributed by atoms with Crippen LogP contribution in [-0.4, -0.2) is 26.3 Å². The molecule has 0 aliphatic carbocycles. The fourth-order valence-corrected chi connectivity index (χ4v) is 2.56. The van der Waals surface area contributed by atoms with E-state index in [2.05, 4.69) is 40.8 Å². The average molecular weight is 414 g/mol. The zero-order valence-electron chi connectivity index (χ0n) is 11.8. The zero-order chi connectivity index (χ0) is 16.9. The van der Waals surface area contributed by atoms with E-state index >= 15 is 0 Å². The van der Waals surface area contributed by atoms with Crippen molar-refractivity contribution in [3.05, 3.63) is 50.8 Å². The Morgan fingerprint density at radius 2 is 2.33 bits per heavy atom. The maximum Gasteiger partial charge on any atom is 0.287 e. The molecule has 0 radical (unpaired) electrons. The number of rotatable bonds is 5. The van der Waals surface area contributed by atoms with Crippen LogP contribution in [0.1, 0.15) is 10.6 Å². The van der Waals surface area contributed by atoms with E-state index in [-0.39, 0.29) is 28.5 Å². The Balaban J connectivity index is 1.84. The second-order valence-corrected chi connectivity index (χ2v) is 6.17. The van der Waals surface area contributed by atoms with Crippen molar-refractivity contribution in [3.63, 3.8) is 0 Å². The van der Waals surface area contributed by atoms with Gasteiger partial charge in [0.25, 0.3) is 5.88 Å². The maximum absolute atomic E-state index is 13.3. The lowest BCUT2D eigenvalue weighted by molar-refractivity contribution is 0.233. The molecular weight excluding hydrogens is 405 g/mol. The molecule has 0 aliphatic rings. The van der Waals surface area contributed by atoms with E-state index in [1.807, 2.05) is 5.48 Å². The van der Waals surface area contributed by atoms with Gasteiger partial charge in [-0.05, 0) is 44.4 Å². The highest BCUT2D eigenvalue weighted by Crippen LogP contribution is 2.24. The number of hydrogen-bond donors (Lipinski definition) is 2. The molecule has 0 aliphatic heterocycles. The van der Waals surface area contributed by atoms with E-state index < -0.39 is 5.82 Å². The Labute approximate surface area is 147 Å². The van der Waals surface area contributed by atoms with Crippen LogP contribution in [0.25, 0.3) is 0 Å². The van der Waals surface area contributed by atoms with Crippen molar-refractivity contribution < 1.29 is 19.0 Å². The number of aromatic nitrogens is 3. The highest BCUT2D eigenvalue weighted by molar-refractivity contribution is 9.10. The number of ether oxygens (including phenoxy) is 1. The summed E-state index contributed by atoms with van der Waals surface area (Å²) in [5.41, 5.74) is 4.03. The van der Waals surface area contributed by atoms with E-state index in [9.17, 15) is 9.60 Å². The summed E-state index contributed by atoms with van der Waals surface area (Å²) < 4.78 is 23.6. The average Bonchev–Trinajstić information content (AvgIpc) is 3.25. The van der Waals surface area contributed by atoms with Crippen molar-refractivity contribution in [2.75, 3.05) is 0 Å². The number of nitrogens with one attached hydrogen (secondary N) is 1. The maximum atomic E-state index is 13.3. The molecule has 0 bridgehead atoms. The molecular formula is C13H9BrFN5O3S. The predicted octanol–water partition coefficient (Wildman–Crippen LogP) is 3.06. The molecule has 0 saturated heterocycles. The van der Waals surface area contributed by atoms with Gasteiger partial charge in [-0.15, -0.1) is 11.3 Å². The smallest absolute Gasteiger partial charge is 0.287 e. The number of nitrogens with zero attached hydrogens (tertiary/aromatic N) is 4. The Kier molecular flexibility index (Phi) is 5.13. The molecule has 3 rings (SSSR count). The third kappa shape index (κ3) is 3.75. The van der Waals surface area contributed by atoms with Crippen molar-refractivity contribution in [2.24, 2.45) is 4.99 Å². The molecule has 8 nitrogen and oxygen atoms in total. The molecule has 2 heterocycles. The summed E-state index contributed by atoms with van der Waals surface area (Å²) in [5, 5.41) is 16.6. The molecule has 11 heteroatoms. The van der Waals surface area contributed by atoms with Gasteiger partial charge in [0.2, 0.25) is 5.69 Å². The first-order valence-electron chi connectivity index (χ1n) is 6.44. The molecule has 0 amide bonds. The first-order valence-corrected chi connectivity index (χ1v) is 8.11. The minimum absolute atomic E-state index is 0.0462. The van der Waals surface area contributed by atoms with Crippen LogP contribution in [0, 0.1) is 5.82 Å². The Hall–Kier alpha value is -2.37. The van der Waals surface area contributed by atoms with Gasteiger partial charge in [0, 0.05) is 6.20 Å². The summed E-state index contributed by atoms with van der Waals surface area (Å²) in [7, 11) is 0. The summed E-state index contributed by atoms with van der Waals surface area (Å²) in [5.74, 6) is -0.442. The largest absolute Gasteiger partial charge is 0.468 e. The third-order valence-corrected chi connectivity index (χ3v) is 4.13. The Morgan fingerprint density at radius 1 is 1.46 bits per heavy atom. The first kappa shape index (κ1) is 16.5. The molecule has 0 atom stereocenters. The van der Waals surface area contributed by atoms with Crippen molar-refractivity contribution in [3.8, 4) is 5.88 Å². The van der Waals surface area contributed by atoms with E-state index in [0.717, 1.165) is 4.88 Å². The van der Waals surface area contributed by atoms with Crippen LogP contribution in [0.2, 0.25) is 0 Å². The summed E-state index contributed by atoms with van der Waals surface area (Å²) in [4.78, 5) is 8.95. The monoisotopic (exact) mass is 413 g/mol. The second kappa shape index (κ2) is 7.47. The molecule has 1 aromatic carbocycles. The topological polar surface area (TPSA) is 106 Å². The molecule has 0 unspecified atom stereocenters. The fourth-order valence-electron chi connectivity index (χ4n) is 1.69. The zero-order valence-corrected chi connectivity index (χ0v) is 14.2. The lowest BCUT2D eigenvalue weighted by Crippen LogP contribution is -2.21. The molecule has 2 aromatic heterocycles. The summed E-state index contributed by atoms with van der Waals surface area (Å²) in [6, 6.07) is 4.11. The summed E-state index contributed by atoms with van der Waals surface area (Å²) in [6.45, 7) is 0.215. The highest BCUT2D eigenvalue weighted by Gasteiger charge is 2.18. The number of hydrogen-bond acceptors (Lipinski definition) is 8. The van der Waals surface area contributed by atoms with E-state index in [4.69, 9.17) is 4.74 Å². The summed E-state index contributed by atoms with van der Waals surface area (Å²) in [6.07, 6.45) is 1.66. The lowest BCUT2D eigenvalue weighted by Gasteiger charge is -2.04. The van der Waals surface area contributed by atoms with E-state index in [0.29, 0.717) is 5.69 Å². The molecule has 124 valence electrons. The molecule has 24 heavy (non-hydrogen) atoms. The van der Waals surface area contributed by atoms with Crippen LogP contribution < -0.4 is 10.2 Å². The van der Waals surface area contributed by atoms with Gasteiger partial charge in [-0.3, -0.25) is 15.7 Å². The van der Waals surface area contributed by atoms with Gasteiger partial charge in [0.05, 0.1) is 20.5 Å². The molecule has 0 fully saturated rings. The van der Waals surface area contributed by atoms with Gasteiger partial charge in [-0.2, -0.15) is 0 Å².